The van der Waals surface area contributed by atoms with Crippen LogP contribution in [0.2, 0.25) is 0 Å². The normalized spacial score (nSPS) is 24.1. The monoisotopic (exact) mass is 447 g/mol. The Balaban J connectivity index is 1.47. The van der Waals surface area contributed by atoms with Crippen LogP contribution in [0.5, 0.6) is 0 Å². The molecule has 3 saturated heterocycles. The molecule has 0 bridgehead atoms. The maximum Gasteiger partial charge on any atom is 0.267 e. The van der Waals surface area contributed by atoms with Gasteiger partial charge in [0.1, 0.15) is 6.04 Å². The fraction of sp³-hybridized carbons (Fsp3) is 0.652. The molecule has 2 amide bonds. The van der Waals surface area contributed by atoms with E-state index in [9.17, 15) is 18.0 Å². The number of aryl methyl sites for hydroxylation is 2. The lowest BCUT2D eigenvalue weighted by molar-refractivity contribution is -0.139. The third kappa shape index (κ3) is 4.37. The summed E-state index contributed by atoms with van der Waals surface area (Å²) in [6.45, 7) is 7.28. The number of carbonyl (C=O) groups excluding carboxylic acids is 2. The number of hydrogen-bond donors (Lipinski definition) is 0. The summed E-state index contributed by atoms with van der Waals surface area (Å²) in [4.78, 5) is 30.3. The number of hydrogen-bond acceptors (Lipinski definition) is 5. The maximum atomic E-state index is 13.3. The molecule has 3 aliphatic rings. The van der Waals surface area contributed by atoms with Crippen LogP contribution in [0.1, 0.15) is 56.1 Å². The standard InChI is InChI=1S/C23H33N3O4S/c1-17-6-7-20(16-18(17)2)31(29,30)26-21(8-9-22(26)27)23(28)25-14-10-19(11-15-25)24-12-4-3-5-13-24/h6-7,16,19,21H,3-5,8-15H2,1-2H3/t21-/m0/s1. The second-order valence-corrected chi connectivity index (χ2v) is 11.0. The van der Waals surface area contributed by atoms with Gasteiger partial charge in [0, 0.05) is 25.6 Å². The third-order valence-electron chi connectivity index (χ3n) is 7.16. The fourth-order valence-electron chi connectivity index (χ4n) is 5.12. The number of likely N-dealkylation sites (tertiary alicyclic amines) is 2. The van der Waals surface area contributed by atoms with Crippen molar-refractivity contribution < 1.29 is 18.0 Å². The van der Waals surface area contributed by atoms with Crippen LogP contribution in [-0.2, 0) is 19.6 Å². The predicted octanol–water partition coefficient (Wildman–Crippen LogP) is 2.46. The van der Waals surface area contributed by atoms with Crippen molar-refractivity contribution in [1.82, 2.24) is 14.1 Å². The van der Waals surface area contributed by atoms with Gasteiger partial charge in [0.05, 0.1) is 4.90 Å². The van der Waals surface area contributed by atoms with Crippen molar-refractivity contribution in [1.29, 1.82) is 0 Å². The molecule has 0 saturated carbocycles. The van der Waals surface area contributed by atoms with E-state index >= 15 is 0 Å². The van der Waals surface area contributed by atoms with Gasteiger partial charge in [-0.3, -0.25) is 9.59 Å². The molecule has 0 aliphatic carbocycles. The second-order valence-electron chi connectivity index (χ2n) is 9.15. The Morgan fingerprint density at radius 2 is 1.61 bits per heavy atom. The minimum absolute atomic E-state index is 0.0763. The Morgan fingerprint density at radius 1 is 0.935 bits per heavy atom. The van der Waals surface area contributed by atoms with Crippen molar-refractivity contribution in [3.8, 4) is 0 Å². The average Bonchev–Trinajstić information content (AvgIpc) is 3.18. The Bertz CT molecular complexity index is 948. The molecule has 3 fully saturated rings. The number of nitrogens with zero attached hydrogens (tertiary/aromatic N) is 3. The molecule has 1 atom stereocenters. The van der Waals surface area contributed by atoms with Crippen molar-refractivity contribution in [3.63, 3.8) is 0 Å². The van der Waals surface area contributed by atoms with Crippen molar-refractivity contribution in [2.45, 2.75) is 75.8 Å². The van der Waals surface area contributed by atoms with Crippen molar-refractivity contribution >= 4 is 21.8 Å². The Hall–Kier alpha value is -1.93. The number of benzene rings is 1. The average molecular weight is 448 g/mol. The zero-order valence-corrected chi connectivity index (χ0v) is 19.4. The molecular weight excluding hydrogens is 414 g/mol. The number of sulfonamides is 1. The molecule has 0 radical (unpaired) electrons. The van der Waals surface area contributed by atoms with Crippen LogP contribution in [-0.4, -0.2) is 72.6 Å². The largest absolute Gasteiger partial charge is 0.341 e. The number of piperidine rings is 2. The summed E-state index contributed by atoms with van der Waals surface area (Å²) in [7, 11) is -4.06. The van der Waals surface area contributed by atoms with Crippen molar-refractivity contribution in [3.05, 3.63) is 29.3 Å². The first-order valence-electron chi connectivity index (χ1n) is 11.5. The Kier molecular flexibility index (Phi) is 6.40. The minimum Gasteiger partial charge on any atom is -0.341 e. The lowest BCUT2D eigenvalue weighted by Crippen LogP contribution is -2.53. The summed E-state index contributed by atoms with van der Waals surface area (Å²) in [6.07, 6.45) is 5.96. The SMILES string of the molecule is Cc1ccc(S(=O)(=O)N2C(=O)CC[C@H]2C(=O)N2CCC(N3CCCCC3)CC2)cc1C. The van der Waals surface area contributed by atoms with E-state index in [1.165, 1.54) is 25.3 Å². The maximum absolute atomic E-state index is 13.3. The molecule has 1 aromatic carbocycles. The van der Waals surface area contributed by atoms with Gasteiger partial charge in [0.2, 0.25) is 11.8 Å². The zero-order chi connectivity index (χ0) is 22.2. The van der Waals surface area contributed by atoms with Gasteiger partial charge in [-0.25, -0.2) is 12.7 Å². The van der Waals surface area contributed by atoms with Crippen LogP contribution in [0, 0.1) is 13.8 Å². The van der Waals surface area contributed by atoms with Gasteiger partial charge < -0.3 is 9.80 Å². The highest BCUT2D eigenvalue weighted by molar-refractivity contribution is 7.89. The summed E-state index contributed by atoms with van der Waals surface area (Å²) >= 11 is 0. The number of amides is 2. The fourth-order valence-corrected chi connectivity index (χ4v) is 6.80. The Morgan fingerprint density at radius 3 is 2.26 bits per heavy atom. The molecule has 3 heterocycles. The molecule has 0 N–H and O–H groups in total. The highest BCUT2D eigenvalue weighted by atomic mass is 32.2. The lowest BCUT2D eigenvalue weighted by atomic mass is 9.99. The van der Waals surface area contributed by atoms with Gasteiger partial charge in [-0.1, -0.05) is 12.5 Å². The molecule has 1 aromatic rings. The quantitative estimate of drug-likeness (QED) is 0.709. The van der Waals surface area contributed by atoms with Crippen molar-refractivity contribution in [2.75, 3.05) is 26.2 Å². The minimum atomic E-state index is -4.06. The molecular formula is C23H33N3O4S. The highest BCUT2D eigenvalue weighted by Gasteiger charge is 2.46. The van der Waals surface area contributed by atoms with E-state index in [-0.39, 0.29) is 23.6 Å². The van der Waals surface area contributed by atoms with Gasteiger partial charge in [0.25, 0.3) is 10.0 Å². The molecule has 0 spiro atoms. The first kappa shape index (κ1) is 22.3. The Labute approximate surface area is 185 Å². The van der Waals surface area contributed by atoms with E-state index < -0.39 is 22.0 Å². The topological polar surface area (TPSA) is 78.0 Å². The van der Waals surface area contributed by atoms with Gasteiger partial charge >= 0.3 is 0 Å². The molecule has 31 heavy (non-hydrogen) atoms. The molecule has 3 aliphatic heterocycles. The van der Waals surface area contributed by atoms with Crippen LogP contribution >= 0.6 is 0 Å². The van der Waals surface area contributed by atoms with E-state index in [0.717, 1.165) is 41.4 Å². The third-order valence-corrected chi connectivity index (χ3v) is 8.99. The van der Waals surface area contributed by atoms with Gasteiger partial charge in [-0.05, 0) is 82.3 Å². The van der Waals surface area contributed by atoms with Crippen LogP contribution < -0.4 is 0 Å². The molecule has 0 aromatic heterocycles. The number of rotatable bonds is 4. The highest BCUT2D eigenvalue weighted by Crippen LogP contribution is 2.30. The molecule has 4 rings (SSSR count). The van der Waals surface area contributed by atoms with Gasteiger partial charge in [0.15, 0.2) is 0 Å². The van der Waals surface area contributed by atoms with Crippen LogP contribution in [0.3, 0.4) is 0 Å². The van der Waals surface area contributed by atoms with E-state index in [4.69, 9.17) is 0 Å². The van der Waals surface area contributed by atoms with E-state index in [1.54, 1.807) is 17.0 Å². The van der Waals surface area contributed by atoms with E-state index in [2.05, 4.69) is 4.90 Å². The van der Waals surface area contributed by atoms with E-state index in [0.29, 0.717) is 19.1 Å². The summed E-state index contributed by atoms with van der Waals surface area (Å²) in [5.41, 5.74) is 1.83. The van der Waals surface area contributed by atoms with Crippen LogP contribution in [0.4, 0.5) is 0 Å². The zero-order valence-electron chi connectivity index (χ0n) is 18.5. The molecule has 0 unspecified atom stereocenters. The van der Waals surface area contributed by atoms with Crippen LogP contribution in [0.25, 0.3) is 0 Å². The van der Waals surface area contributed by atoms with E-state index in [1.807, 2.05) is 13.8 Å². The summed E-state index contributed by atoms with van der Waals surface area (Å²) in [6, 6.07) is 4.43. The molecule has 170 valence electrons. The van der Waals surface area contributed by atoms with Crippen molar-refractivity contribution in [2.24, 2.45) is 0 Å². The summed E-state index contributed by atoms with van der Waals surface area (Å²) < 4.78 is 27.4. The smallest absolute Gasteiger partial charge is 0.267 e. The first-order valence-corrected chi connectivity index (χ1v) is 12.9. The second kappa shape index (κ2) is 8.90. The van der Waals surface area contributed by atoms with Crippen LogP contribution in [0.15, 0.2) is 23.1 Å². The van der Waals surface area contributed by atoms with Gasteiger partial charge in [-0.2, -0.15) is 0 Å². The molecule has 8 heteroatoms. The predicted molar refractivity (Wildman–Crippen MR) is 118 cm³/mol. The van der Waals surface area contributed by atoms with Gasteiger partial charge in [-0.15, -0.1) is 0 Å². The number of carbonyl (C=O) groups is 2. The lowest BCUT2D eigenvalue weighted by Gasteiger charge is -2.41. The molecule has 7 nitrogen and oxygen atoms in total. The summed E-state index contributed by atoms with van der Waals surface area (Å²) in [5.74, 6) is -0.713. The first-order chi connectivity index (χ1) is 14.8. The summed E-state index contributed by atoms with van der Waals surface area (Å²) in [5, 5.41) is 0.